The second kappa shape index (κ2) is 4.11. The number of aliphatic hydroxyl groups is 1. The number of nitrogens with zero attached hydrogens (tertiary/aromatic N) is 1. The van der Waals surface area contributed by atoms with E-state index in [0.717, 1.165) is 24.3 Å². The molecular weight excluding hydrogens is 198 g/mol. The monoisotopic (exact) mass is 211 g/mol. The highest BCUT2D eigenvalue weighted by molar-refractivity contribution is 7.12. The summed E-state index contributed by atoms with van der Waals surface area (Å²) in [5, 5.41) is 11.3. The molecule has 0 aliphatic carbocycles. The molecule has 3 nitrogen and oxygen atoms in total. The number of hydrogen-bond acceptors (Lipinski definition) is 3. The van der Waals surface area contributed by atoms with E-state index in [4.69, 9.17) is 0 Å². The summed E-state index contributed by atoms with van der Waals surface area (Å²) in [7, 11) is 0. The predicted molar refractivity (Wildman–Crippen MR) is 55.5 cm³/mol. The Hall–Kier alpha value is -0.870. The molecule has 1 N–H and O–H groups in total. The Kier molecular flexibility index (Phi) is 2.84. The van der Waals surface area contributed by atoms with E-state index in [1.807, 2.05) is 17.5 Å². The fourth-order valence-electron chi connectivity index (χ4n) is 1.70. The van der Waals surface area contributed by atoms with E-state index in [-0.39, 0.29) is 12.0 Å². The summed E-state index contributed by atoms with van der Waals surface area (Å²) >= 11 is 1.45. The van der Waals surface area contributed by atoms with Crippen LogP contribution in [0.4, 0.5) is 0 Å². The largest absolute Gasteiger partial charge is 0.391 e. The third-order valence-electron chi connectivity index (χ3n) is 2.42. The van der Waals surface area contributed by atoms with Crippen LogP contribution in [0.3, 0.4) is 0 Å². The summed E-state index contributed by atoms with van der Waals surface area (Å²) in [6.07, 6.45) is 1.37. The topological polar surface area (TPSA) is 40.5 Å². The van der Waals surface area contributed by atoms with E-state index in [1.54, 1.807) is 4.90 Å². The number of β-amino-alcohol motifs (C(OH)–C–C–N with tert-alkyl or cyclic N) is 1. The van der Waals surface area contributed by atoms with Crippen molar-refractivity contribution in [3.05, 3.63) is 22.4 Å². The van der Waals surface area contributed by atoms with Crippen LogP contribution in [-0.2, 0) is 0 Å². The molecular formula is C10H13NO2S. The summed E-state index contributed by atoms with van der Waals surface area (Å²) in [4.78, 5) is 14.3. The Morgan fingerprint density at radius 3 is 3.14 bits per heavy atom. The van der Waals surface area contributed by atoms with E-state index in [2.05, 4.69) is 0 Å². The maximum atomic E-state index is 11.8. The molecule has 1 fully saturated rings. The van der Waals surface area contributed by atoms with Gasteiger partial charge < -0.3 is 10.0 Å². The van der Waals surface area contributed by atoms with E-state index in [9.17, 15) is 9.90 Å². The standard InChI is InChI=1S/C10H13NO2S/c12-8-3-1-5-11(7-8)10(13)9-4-2-6-14-9/h2,4,6,8,12H,1,3,5,7H2/t8-/m0/s1. The zero-order valence-electron chi connectivity index (χ0n) is 7.85. The summed E-state index contributed by atoms with van der Waals surface area (Å²) in [6.45, 7) is 1.25. The number of thiophene rings is 1. The molecule has 2 rings (SSSR count). The minimum atomic E-state index is -0.340. The Labute approximate surface area is 87.0 Å². The summed E-state index contributed by atoms with van der Waals surface area (Å²) in [5.74, 6) is 0.0544. The number of amides is 1. The molecule has 1 aromatic heterocycles. The molecule has 0 spiro atoms. The first-order valence-electron chi connectivity index (χ1n) is 4.78. The van der Waals surface area contributed by atoms with Gasteiger partial charge in [0.25, 0.3) is 5.91 Å². The van der Waals surface area contributed by atoms with Gasteiger partial charge in [-0.2, -0.15) is 0 Å². The Bertz CT molecular complexity index is 310. The molecule has 0 bridgehead atoms. The average Bonchev–Trinajstić information content (AvgIpc) is 2.69. The van der Waals surface area contributed by atoms with E-state index in [1.165, 1.54) is 11.3 Å². The van der Waals surface area contributed by atoms with Crippen LogP contribution in [0.15, 0.2) is 17.5 Å². The van der Waals surface area contributed by atoms with Gasteiger partial charge in [0.05, 0.1) is 11.0 Å². The lowest BCUT2D eigenvalue weighted by molar-refractivity contribution is 0.0478. The summed E-state index contributed by atoms with van der Waals surface area (Å²) in [6, 6.07) is 3.70. The zero-order valence-corrected chi connectivity index (χ0v) is 8.67. The fourth-order valence-corrected chi connectivity index (χ4v) is 2.39. The van der Waals surface area contributed by atoms with E-state index >= 15 is 0 Å². The van der Waals surface area contributed by atoms with Crippen LogP contribution in [0, 0.1) is 0 Å². The first kappa shape index (κ1) is 9.68. The normalized spacial score (nSPS) is 22.4. The van der Waals surface area contributed by atoms with Crippen LogP contribution in [0.25, 0.3) is 0 Å². The maximum absolute atomic E-state index is 11.8. The molecule has 1 atom stereocenters. The van der Waals surface area contributed by atoms with Crippen molar-refractivity contribution in [2.75, 3.05) is 13.1 Å². The minimum absolute atomic E-state index is 0.0544. The van der Waals surface area contributed by atoms with Gasteiger partial charge in [-0.3, -0.25) is 4.79 Å². The highest BCUT2D eigenvalue weighted by Gasteiger charge is 2.23. The molecule has 1 saturated heterocycles. The SMILES string of the molecule is O=C(c1cccs1)N1CCC[C@H](O)C1. The van der Waals surface area contributed by atoms with Crippen molar-refractivity contribution in [1.29, 1.82) is 0 Å². The average molecular weight is 211 g/mol. The number of piperidine rings is 1. The van der Waals surface area contributed by atoms with Crippen molar-refractivity contribution in [3.8, 4) is 0 Å². The number of likely N-dealkylation sites (tertiary alicyclic amines) is 1. The zero-order chi connectivity index (χ0) is 9.97. The highest BCUT2D eigenvalue weighted by Crippen LogP contribution is 2.16. The molecule has 4 heteroatoms. The lowest BCUT2D eigenvalue weighted by Gasteiger charge is -2.29. The fraction of sp³-hybridized carbons (Fsp3) is 0.500. The number of hydrogen-bond donors (Lipinski definition) is 1. The van der Waals surface area contributed by atoms with Crippen molar-refractivity contribution in [2.24, 2.45) is 0 Å². The number of carbonyl (C=O) groups is 1. The first-order valence-corrected chi connectivity index (χ1v) is 5.66. The van der Waals surface area contributed by atoms with Gasteiger partial charge in [0.2, 0.25) is 0 Å². The molecule has 1 aliphatic heterocycles. The lowest BCUT2D eigenvalue weighted by Crippen LogP contribution is -2.41. The number of aliphatic hydroxyl groups excluding tert-OH is 1. The van der Waals surface area contributed by atoms with Gasteiger partial charge in [-0.1, -0.05) is 6.07 Å². The summed E-state index contributed by atoms with van der Waals surface area (Å²) in [5.41, 5.74) is 0. The van der Waals surface area contributed by atoms with Crippen molar-refractivity contribution in [2.45, 2.75) is 18.9 Å². The molecule has 0 radical (unpaired) electrons. The molecule has 0 unspecified atom stereocenters. The molecule has 1 aliphatic rings. The Morgan fingerprint density at radius 2 is 2.50 bits per heavy atom. The molecule has 76 valence electrons. The van der Waals surface area contributed by atoms with E-state index in [0.29, 0.717) is 6.54 Å². The molecule has 0 saturated carbocycles. The van der Waals surface area contributed by atoms with Crippen molar-refractivity contribution < 1.29 is 9.90 Å². The Morgan fingerprint density at radius 1 is 1.64 bits per heavy atom. The number of carbonyl (C=O) groups excluding carboxylic acids is 1. The highest BCUT2D eigenvalue weighted by atomic mass is 32.1. The van der Waals surface area contributed by atoms with Gasteiger partial charge in [-0.05, 0) is 24.3 Å². The predicted octanol–water partition coefficient (Wildman–Crippen LogP) is 1.34. The van der Waals surface area contributed by atoms with Crippen molar-refractivity contribution >= 4 is 17.2 Å². The van der Waals surface area contributed by atoms with Gasteiger partial charge in [0.1, 0.15) is 0 Å². The minimum Gasteiger partial charge on any atom is -0.391 e. The van der Waals surface area contributed by atoms with Gasteiger partial charge in [0, 0.05) is 13.1 Å². The maximum Gasteiger partial charge on any atom is 0.264 e. The van der Waals surface area contributed by atoms with Crippen LogP contribution in [-0.4, -0.2) is 35.1 Å². The van der Waals surface area contributed by atoms with Crippen LogP contribution in [0.1, 0.15) is 22.5 Å². The third kappa shape index (κ3) is 1.96. The van der Waals surface area contributed by atoms with Crippen LogP contribution in [0.5, 0.6) is 0 Å². The lowest BCUT2D eigenvalue weighted by atomic mass is 10.1. The second-order valence-corrected chi connectivity index (χ2v) is 4.47. The summed E-state index contributed by atoms with van der Waals surface area (Å²) < 4.78 is 0. The van der Waals surface area contributed by atoms with Crippen LogP contribution < -0.4 is 0 Å². The van der Waals surface area contributed by atoms with Crippen molar-refractivity contribution in [1.82, 2.24) is 4.90 Å². The molecule has 14 heavy (non-hydrogen) atoms. The number of rotatable bonds is 1. The molecule has 1 amide bonds. The van der Waals surface area contributed by atoms with Crippen LogP contribution in [0.2, 0.25) is 0 Å². The molecule has 0 aromatic carbocycles. The van der Waals surface area contributed by atoms with Gasteiger partial charge in [0.15, 0.2) is 0 Å². The quantitative estimate of drug-likeness (QED) is 0.761. The van der Waals surface area contributed by atoms with Gasteiger partial charge in [-0.15, -0.1) is 11.3 Å². The van der Waals surface area contributed by atoms with Crippen LogP contribution >= 0.6 is 11.3 Å². The van der Waals surface area contributed by atoms with Gasteiger partial charge in [-0.25, -0.2) is 0 Å². The first-order chi connectivity index (χ1) is 6.77. The third-order valence-corrected chi connectivity index (χ3v) is 3.27. The Balaban J connectivity index is 2.04. The molecule has 2 heterocycles. The van der Waals surface area contributed by atoms with Crippen molar-refractivity contribution in [3.63, 3.8) is 0 Å². The smallest absolute Gasteiger partial charge is 0.264 e. The second-order valence-electron chi connectivity index (χ2n) is 3.52. The van der Waals surface area contributed by atoms with E-state index < -0.39 is 0 Å². The molecule has 1 aromatic rings. The van der Waals surface area contributed by atoms with Gasteiger partial charge >= 0.3 is 0 Å².